The van der Waals surface area contributed by atoms with E-state index in [-0.39, 0.29) is 12.6 Å². The summed E-state index contributed by atoms with van der Waals surface area (Å²) in [7, 11) is 0. The number of carbonyl (C=O) groups is 1. The molecule has 0 spiro atoms. The minimum Gasteiger partial charge on any atom is -0.454 e. The van der Waals surface area contributed by atoms with Gasteiger partial charge in [-0.3, -0.25) is 9.69 Å². The summed E-state index contributed by atoms with van der Waals surface area (Å²) in [5.41, 5.74) is 2.30. The lowest BCUT2D eigenvalue weighted by Crippen LogP contribution is -2.30. The molecular weight excluding hydrogens is 302 g/mol. The molecule has 0 amide bonds. The van der Waals surface area contributed by atoms with E-state index < -0.39 is 0 Å². The van der Waals surface area contributed by atoms with Crippen molar-refractivity contribution >= 4 is 5.78 Å². The molecule has 0 N–H and O–H groups in total. The fourth-order valence-electron chi connectivity index (χ4n) is 3.63. The molecular formula is C20H21NO3. The quantitative estimate of drug-likeness (QED) is 0.846. The smallest absolute Gasteiger partial charge is 0.231 e. The molecule has 2 aliphatic rings. The monoisotopic (exact) mass is 323 g/mol. The molecule has 1 atom stereocenters. The number of ketones is 1. The second kappa shape index (κ2) is 6.65. The lowest BCUT2D eigenvalue weighted by atomic mass is 10.0. The Hall–Kier alpha value is -2.33. The number of carbonyl (C=O) groups excluding carboxylic acids is 1. The molecule has 2 aromatic carbocycles. The number of likely N-dealkylation sites (tertiary alicyclic amines) is 1. The lowest BCUT2D eigenvalue weighted by molar-refractivity contribution is -0.119. The topological polar surface area (TPSA) is 38.8 Å². The van der Waals surface area contributed by atoms with Gasteiger partial charge in [-0.05, 0) is 42.6 Å². The Morgan fingerprint density at radius 3 is 2.79 bits per heavy atom. The number of hydrogen-bond donors (Lipinski definition) is 0. The molecule has 24 heavy (non-hydrogen) atoms. The van der Waals surface area contributed by atoms with Gasteiger partial charge < -0.3 is 9.47 Å². The fraction of sp³-hybridized carbons (Fsp3) is 0.350. The first kappa shape index (κ1) is 15.2. The van der Waals surface area contributed by atoms with E-state index in [9.17, 15) is 4.79 Å². The summed E-state index contributed by atoms with van der Waals surface area (Å²) >= 11 is 0. The molecule has 4 nitrogen and oxygen atoms in total. The van der Waals surface area contributed by atoms with Gasteiger partial charge in [-0.2, -0.15) is 0 Å². The highest BCUT2D eigenvalue weighted by Gasteiger charge is 2.27. The zero-order valence-electron chi connectivity index (χ0n) is 13.6. The largest absolute Gasteiger partial charge is 0.454 e. The van der Waals surface area contributed by atoms with Gasteiger partial charge in [0.25, 0.3) is 0 Å². The van der Waals surface area contributed by atoms with Crippen molar-refractivity contribution in [3.63, 3.8) is 0 Å². The molecule has 0 saturated carbocycles. The van der Waals surface area contributed by atoms with Crippen LogP contribution in [0.3, 0.4) is 0 Å². The first-order valence-corrected chi connectivity index (χ1v) is 8.49. The number of nitrogens with zero attached hydrogens (tertiary/aromatic N) is 1. The second-order valence-corrected chi connectivity index (χ2v) is 6.44. The molecule has 2 aliphatic heterocycles. The van der Waals surface area contributed by atoms with E-state index in [0.717, 1.165) is 36.4 Å². The van der Waals surface area contributed by atoms with E-state index in [0.29, 0.717) is 19.0 Å². The molecule has 2 heterocycles. The van der Waals surface area contributed by atoms with E-state index >= 15 is 0 Å². The third-order valence-corrected chi connectivity index (χ3v) is 4.77. The Balaban J connectivity index is 1.40. The van der Waals surface area contributed by atoms with Crippen LogP contribution in [0.4, 0.5) is 0 Å². The summed E-state index contributed by atoms with van der Waals surface area (Å²) in [6, 6.07) is 16.6. The van der Waals surface area contributed by atoms with E-state index in [2.05, 4.69) is 29.2 Å². The van der Waals surface area contributed by atoms with Gasteiger partial charge >= 0.3 is 0 Å². The van der Waals surface area contributed by atoms with Crippen LogP contribution in [0, 0.1) is 0 Å². The number of ether oxygens (including phenoxy) is 2. The average Bonchev–Trinajstić information content (AvgIpc) is 3.24. The molecule has 1 unspecified atom stereocenters. The highest BCUT2D eigenvalue weighted by molar-refractivity contribution is 5.83. The molecule has 0 aromatic heterocycles. The van der Waals surface area contributed by atoms with Crippen LogP contribution in [0.2, 0.25) is 0 Å². The van der Waals surface area contributed by atoms with Gasteiger partial charge in [-0.25, -0.2) is 0 Å². The number of fused-ring (bicyclic) bond motifs is 1. The van der Waals surface area contributed by atoms with Gasteiger partial charge in [0, 0.05) is 12.5 Å². The fourth-order valence-corrected chi connectivity index (χ4v) is 3.63. The molecule has 0 radical (unpaired) electrons. The number of hydrogen-bond acceptors (Lipinski definition) is 4. The molecule has 4 rings (SSSR count). The van der Waals surface area contributed by atoms with Crippen molar-refractivity contribution < 1.29 is 14.3 Å². The summed E-state index contributed by atoms with van der Waals surface area (Å²) in [5, 5.41) is 0. The van der Waals surface area contributed by atoms with Crippen LogP contribution in [-0.4, -0.2) is 30.6 Å². The first-order valence-electron chi connectivity index (χ1n) is 8.49. The van der Waals surface area contributed by atoms with Gasteiger partial charge in [-0.1, -0.05) is 36.4 Å². The highest BCUT2D eigenvalue weighted by Crippen LogP contribution is 2.33. The van der Waals surface area contributed by atoms with Crippen LogP contribution >= 0.6 is 0 Å². The molecule has 124 valence electrons. The Kier molecular flexibility index (Phi) is 4.22. The summed E-state index contributed by atoms with van der Waals surface area (Å²) in [5.74, 6) is 1.75. The molecule has 1 saturated heterocycles. The van der Waals surface area contributed by atoms with Crippen molar-refractivity contribution in [2.75, 3.05) is 19.9 Å². The van der Waals surface area contributed by atoms with Crippen LogP contribution in [0.5, 0.6) is 11.5 Å². The second-order valence-electron chi connectivity index (χ2n) is 6.44. The zero-order valence-corrected chi connectivity index (χ0v) is 13.6. The lowest BCUT2D eigenvalue weighted by Gasteiger charge is -2.24. The SMILES string of the molecule is O=C(Cc1ccc2c(c1)OCO2)CN1CCCC1c1ccccc1. The Labute approximate surface area is 142 Å². The van der Waals surface area contributed by atoms with Gasteiger partial charge in [0.05, 0.1) is 6.54 Å². The van der Waals surface area contributed by atoms with Crippen LogP contribution in [0.25, 0.3) is 0 Å². The number of benzene rings is 2. The standard InChI is InChI=1S/C20H21NO3/c22-17(11-15-8-9-19-20(12-15)24-14-23-19)13-21-10-4-7-18(21)16-5-2-1-3-6-16/h1-3,5-6,8-9,12,18H,4,7,10-11,13-14H2. The minimum atomic E-state index is 0.247. The number of Topliss-reactive ketones (excluding diaryl/α,β-unsaturated/α-hetero) is 1. The van der Waals surface area contributed by atoms with E-state index in [4.69, 9.17) is 9.47 Å². The maximum absolute atomic E-state index is 12.5. The summed E-state index contributed by atoms with van der Waals surface area (Å²) in [4.78, 5) is 14.8. The molecule has 0 bridgehead atoms. The summed E-state index contributed by atoms with van der Waals surface area (Å²) in [6.07, 6.45) is 2.72. The Morgan fingerprint density at radius 2 is 1.92 bits per heavy atom. The van der Waals surface area contributed by atoms with Crippen molar-refractivity contribution in [1.29, 1.82) is 0 Å². The third kappa shape index (κ3) is 3.15. The summed E-state index contributed by atoms with van der Waals surface area (Å²) < 4.78 is 10.7. The van der Waals surface area contributed by atoms with Gasteiger partial charge in [0.15, 0.2) is 17.3 Å². The predicted octanol–water partition coefficient (Wildman–Crippen LogP) is 3.36. The molecule has 4 heteroatoms. The van der Waals surface area contributed by atoms with Crippen LogP contribution in [-0.2, 0) is 11.2 Å². The maximum atomic E-state index is 12.5. The van der Waals surface area contributed by atoms with Gasteiger partial charge in [0.2, 0.25) is 6.79 Å². The normalized spacial score (nSPS) is 19.6. The number of rotatable bonds is 5. The van der Waals surface area contributed by atoms with Crippen molar-refractivity contribution in [3.05, 3.63) is 59.7 Å². The minimum absolute atomic E-state index is 0.247. The Bertz CT molecular complexity index is 729. The molecule has 0 aliphatic carbocycles. The van der Waals surface area contributed by atoms with Crippen LogP contribution < -0.4 is 9.47 Å². The van der Waals surface area contributed by atoms with Crippen molar-refractivity contribution in [2.24, 2.45) is 0 Å². The molecule has 2 aromatic rings. The van der Waals surface area contributed by atoms with E-state index in [1.54, 1.807) is 0 Å². The predicted molar refractivity (Wildman–Crippen MR) is 91.3 cm³/mol. The average molecular weight is 323 g/mol. The van der Waals surface area contributed by atoms with Crippen LogP contribution in [0.15, 0.2) is 48.5 Å². The van der Waals surface area contributed by atoms with E-state index in [1.165, 1.54) is 5.56 Å². The van der Waals surface area contributed by atoms with Gasteiger partial charge in [0.1, 0.15) is 0 Å². The van der Waals surface area contributed by atoms with Crippen molar-refractivity contribution in [3.8, 4) is 11.5 Å². The summed E-state index contributed by atoms with van der Waals surface area (Å²) in [6.45, 7) is 1.76. The molecule has 1 fully saturated rings. The Morgan fingerprint density at radius 1 is 1.08 bits per heavy atom. The third-order valence-electron chi connectivity index (χ3n) is 4.77. The first-order chi connectivity index (χ1) is 11.8. The van der Waals surface area contributed by atoms with Crippen LogP contribution in [0.1, 0.15) is 30.0 Å². The maximum Gasteiger partial charge on any atom is 0.231 e. The van der Waals surface area contributed by atoms with Gasteiger partial charge in [-0.15, -0.1) is 0 Å². The van der Waals surface area contributed by atoms with Crippen molar-refractivity contribution in [2.45, 2.75) is 25.3 Å². The highest BCUT2D eigenvalue weighted by atomic mass is 16.7. The van der Waals surface area contributed by atoms with E-state index in [1.807, 2.05) is 24.3 Å². The zero-order chi connectivity index (χ0) is 16.4. The van der Waals surface area contributed by atoms with Crippen molar-refractivity contribution in [1.82, 2.24) is 4.90 Å².